The number of rotatable bonds is 12. The van der Waals surface area contributed by atoms with Gasteiger partial charge in [0.25, 0.3) is 0 Å². The molecule has 1 N–H and O–H groups in total. The number of anilines is 1. The van der Waals surface area contributed by atoms with Crippen molar-refractivity contribution in [1.82, 2.24) is 14.5 Å². The molecule has 0 radical (unpaired) electrons. The van der Waals surface area contributed by atoms with Crippen LogP contribution in [0.25, 0.3) is 0 Å². The normalized spacial score (nSPS) is 12.4. The molecule has 1 atom stereocenters. The summed E-state index contributed by atoms with van der Waals surface area (Å²) in [4.78, 5) is 28.1. The molecule has 2 aromatic carbocycles. The van der Waals surface area contributed by atoms with E-state index in [1.165, 1.54) is 38.2 Å². The van der Waals surface area contributed by atoms with Gasteiger partial charge in [-0.25, -0.2) is 8.70 Å². The van der Waals surface area contributed by atoms with Crippen molar-refractivity contribution in [2.24, 2.45) is 0 Å². The monoisotopic (exact) mass is 522 g/mol. The van der Waals surface area contributed by atoms with E-state index in [4.69, 9.17) is 4.74 Å². The van der Waals surface area contributed by atoms with Gasteiger partial charge in [0, 0.05) is 26.7 Å². The van der Waals surface area contributed by atoms with Crippen LogP contribution in [0.4, 0.5) is 10.1 Å². The maximum absolute atomic E-state index is 13.7. The van der Waals surface area contributed by atoms with Crippen molar-refractivity contribution in [3.05, 3.63) is 59.9 Å². The van der Waals surface area contributed by atoms with Crippen LogP contribution in [-0.2, 0) is 26.3 Å². The zero-order chi connectivity index (χ0) is 27.0. The molecule has 0 heterocycles. The van der Waals surface area contributed by atoms with Crippen LogP contribution in [0.2, 0.25) is 0 Å². The number of carbonyl (C=O) groups excluding carboxylic acids is 2. The van der Waals surface area contributed by atoms with E-state index >= 15 is 0 Å². The summed E-state index contributed by atoms with van der Waals surface area (Å²) in [7, 11) is 0.1000. The first-order valence-electron chi connectivity index (χ1n) is 11.6. The fraction of sp³-hybridized carbons (Fsp3) is 0.440. The molecule has 9 nitrogen and oxygen atoms in total. The number of methoxy groups -OCH3 is 1. The van der Waals surface area contributed by atoms with Crippen molar-refractivity contribution in [1.29, 1.82) is 0 Å². The number of ether oxygens (including phenoxy) is 1. The summed E-state index contributed by atoms with van der Waals surface area (Å²) in [6.45, 7) is 4.89. The van der Waals surface area contributed by atoms with E-state index in [2.05, 4.69) is 5.32 Å². The number of nitrogens with one attached hydrogen (secondary N) is 1. The molecule has 36 heavy (non-hydrogen) atoms. The Morgan fingerprint density at radius 2 is 1.72 bits per heavy atom. The van der Waals surface area contributed by atoms with E-state index in [0.29, 0.717) is 17.7 Å². The standard InChI is InChI=1S/C25H35FN4O5S/c1-7-23(25(32)27-18(2)3)29(16-19-9-8-10-22(15-19)35-6)24(31)17-30(36(33,34)28(4)5)21-13-11-20(26)12-14-21/h8-15,18,23H,7,16-17H2,1-6H3,(H,27,32)/t23-/m0/s1. The van der Waals surface area contributed by atoms with Gasteiger partial charge in [-0.3, -0.25) is 9.59 Å². The molecule has 0 fully saturated rings. The quantitative estimate of drug-likeness (QED) is 0.462. The molecule has 0 bridgehead atoms. The Morgan fingerprint density at radius 3 is 2.25 bits per heavy atom. The van der Waals surface area contributed by atoms with Gasteiger partial charge < -0.3 is 15.0 Å². The molecule has 0 aliphatic rings. The fourth-order valence-corrected chi connectivity index (χ4v) is 4.65. The molecule has 0 aromatic heterocycles. The summed E-state index contributed by atoms with van der Waals surface area (Å²) >= 11 is 0. The Bertz CT molecular complexity index is 1140. The Labute approximate surface area is 213 Å². The average molecular weight is 523 g/mol. The lowest BCUT2D eigenvalue weighted by molar-refractivity contribution is -0.140. The maximum Gasteiger partial charge on any atom is 0.304 e. The Morgan fingerprint density at radius 1 is 1.08 bits per heavy atom. The summed E-state index contributed by atoms with van der Waals surface area (Å²) in [5, 5.41) is 2.84. The minimum Gasteiger partial charge on any atom is -0.497 e. The fourth-order valence-electron chi connectivity index (χ4n) is 3.59. The minimum atomic E-state index is -4.11. The van der Waals surface area contributed by atoms with Gasteiger partial charge in [0.15, 0.2) is 0 Å². The van der Waals surface area contributed by atoms with Crippen LogP contribution in [0.1, 0.15) is 32.8 Å². The van der Waals surface area contributed by atoms with Crippen LogP contribution in [0.5, 0.6) is 5.75 Å². The predicted molar refractivity (Wildman–Crippen MR) is 137 cm³/mol. The van der Waals surface area contributed by atoms with Crippen LogP contribution in [0, 0.1) is 5.82 Å². The Kier molecular flexibility index (Phi) is 10.2. The van der Waals surface area contributed by atoms with E-state index in [1.54, 1.807) is 31.2 Å². The van der Waals surface area contributed by atoms with Gasteiger partial charge in [0.1, 0.15) is 24.2 Å². The van der Waals surface area contributed by atoms with Gasteiger partial charge in [-0.15, -0.1) is 0 Å². The smallest absolute Gasteiger partial charge is 0.304 e. The van der Waals surface area contributed by atoms with Crippen LogP contribution in [-0.4, -0.2) is 69.3 Å². The maximum atomic E-state index is 13.7. The Balaban J connectivity index is 2.51. The summed E-state index contributed by atoms with van der Waals surface area (Å²) < 4.78 is 46.9. The highest BCUT2D eigenvalue weighted by Crippen LogP contribution is 2.22. The lowest BCUT2D eigenvalue weighted by atomic mass is 10.1. The molecule has 2 amide bonds. The number of amides is 2. The molecule has 0 aliphatic carbocycles. The van der Waals surface area contributed by atoms with E-state index < -0.39 is 34.5 Å². The highest BCUT2D eigenvalue weighted by Gasteiger charge is 2.34. The molecule has 0 spiro atoms. The number of hydrogen-bond acceptors (Lipinski definition) is 5. The summed E-state index contributed by atoms with van der Waals surface area (Å²) in [6, 6.07) is 10.9. The van der Waals surface area contributed by atoms with Crippen LogP contribution in [0.15, 0.2) is 48.5 Å². The predicted octanol–water partition coefficient (Wildman–Crippen LogP) is 2.78. The molecular formula is C25H35FN4O5S. The molecule has 0 saturated carbocycles. The molecule has 11 heteroatoms. The van der Waals surface area contributed by atoms with Gasteiger partial charge >= 0.3 is 10.2 Å². The minimum absolute atomic E-state index is 0.0549. The van der Waals surface area contributed by atoms with Crippen molar-refractivity contribution < 1.29 is 27.1 Å². The first-order valence-corrected chi connectivity index (χ1v) is 13.0. The van der Waals surface area contributed by atoms with Crippen LogP contribution >= 0.6 is 0 Å². The summed E-state index contributed by atoms with van der Waals surface area (Å²) in [6.07, 6.45) is 0.311. The largest absolute Gasteiger partial charge is 0.497 e. The zero-order valence-electron chi connectivity index (χ0n) is 21.6. The number of hydrogen-bond donors (Lipinski definition) is 1. The van der Waals surface area contributed by atoms with Crippen molar-refractivity contribution in [3.63, 3.8) is 0 Å². The number of benzene rings is 2. The topological polar surface area (TPSA) is 99.3 Å². The average Bonchev–Trinajstić information content (AvgIpc) is 2.82. The molecule has 2 rings (SSSR count). The first kappa shape index (κ1) is 29.1. The van der Waals surface area contributed by atoms with Crippen molar-refractivity contribution in [2.45, 2.75) is 45.8 Å². The third kappa shape index (κ3) is 7.41. The van der Waals surface area contributed by atoms with Gasteiger partial charge in [0.2, 0.25) is 11.8 Å². The highest BCUT2D eigenvalue weighted by molar-refractivity contribution is 7.90. The third-order valence-corrected chi connectivity index (χ3v) is 7.26. The number of carbonyl (C=O) groups is 2. The van der Waals surface area contributed by atoms with Crippen molar-refractivity contribution in [3.8, 4) is 5.75 Å². The van der Waals surface area contributed by atoms with E-state index in [1.807, 2.05) is 13.8 Å². The van der Waals surface area contributed by atoms with Crippen LogP contribution < -0.4 is 14.4 Å². The molecule has 0 unspecified atom stereocenters. The third-order valence-electron chi connectivity index (χ3n) is 5.44. The number of halogens is 1. The SMILES string of the molecule is CC[C@@H](C(=O)NC(C)C)N(Cc1cccc(OC)c1)C(=O)CN(c1ccc(F)cc1)S(=O)(=O)N(C)C. The van der Waals surface area contributed by atoms with Gasteiger partial charge in [0.05, 0.1) is 12.8 Å². The van der Waals surface area contributed by atoms with Gasteiger partial charge in [-0.2, -0.15) is 12.7 Å². The first-order chi connectivity index (χ1) is 16.9. The Hall–Kier alpha value is -3.18. The second-order valence-electron chi connectivity index (χ2n) is 8.73. The number of nitrogens with zero attached hydrogens (tertiary/aromatic N) is 3. The lowest BCUT2D eigenvalue weighted by Crippen LogP contribution is -2.54. The highest BCUT2D eigenvalue weighted by atomic mass is 32.2. The molecule has 2 aromatic rings. The molecule has 0 aliphatic heterocycles. The van der Waals surface area contributed by atoms with Gasteiger partial charge in [-0.1, -0.05) is 19.1 Å². The van der Waals surface area contributed by atoms with E-state index in [-0.39, 0.29) is 24.2 Å². The molecule has 198 valence electrons. The van der Waals surface area contributed by atoms with Crippen LogP contribution in [0.3, 0.4) is 0 Å². The van der Waals surface area contributed by atoms with Gasteiger partial charge in [-0.05, 0) is 62.2 Å². The van der Waals surface area contributed by atoms with E-state index in [0.717, 1.165) is 20.7 Å². The van der Waals surface area contributed by atoms with E-state index in [9.17, 15) is 22.4 Å². The summed E-state index contributed by atoms with van der Waals surface area (Å²) in [5.74, 6) is -0.878. The lowest BCUT2D eigenvalue weighted by Gasteiger charge is -2.34. The summed E-state index contributed by atoms with van der Waals surface area (Å²) in [5.41, 5.74) is 0.835. The zero-order valence-corrected chi connectivity index (χ0v) is 22.4. The molecular weight excluding hydrogens is 487 g/mol. The second kappa shape index (κ2) is 12.7. The van der Waals surface area contributed by atoms with Crippen molar-refractivity contribution in [2.75, 3.05) is 32.1 Å². The second-order valence-corrected chi connectivity index (χ2v) is 10.8. The van der Waals surface area contributed by atoms with Crippen molar-refractivity contribution >= 4 is 27.7 Å². The molecule has 0 saturated heterocycles.